The summed E-state index contributed by atoms with van der Waals surface area (Å²) in [7, 11) is 0. The Balaban J connectivity index is 2.10. The summed E-state index contributed by atoms with van der Waals surface area (Å²) in [6.45, 7) is 0. The number of hydrogen-bond donors (Lipinski definition) is 1. The maximum absolute atomic E-state index is 10.5. The quantitative estimate of drug-likeness (QED) is 0.834. The molecule has 1 fully saturated rings. The van der Waals surface area contributed by atoms with E-state index in [4.69, 9.17) is 5.11 Å². The van der Waals surface area contributed by atoms with Crippen molar-refractivity contribution in [3.8, 4) is 0 Å². The number of halogens is 1. The highest BCUT2D eigenvalue weighted by molar-refractivity contribution is 9.10. The molecule has 1 saturated carbocycles. The van der Waals surface area contributed by atoms with Gasteiger partial charge in [-0.25, -0.2) is 0 Å². The maximum atomic E-state index is 10.5. The largest absolute Gasteiger partial charge is 0.481 e. The third-order valence-electron chi connectivity index (χ3n) is 1.98. The van der Waals surface area contributed by atoms with Crippen LogP contribution < -0.4 is 0 Å². The molecule has 1 aliphatic carbocycles. The van der Waals surface area contributed by atoms with Gasteiger partial charge in [-0.1, -0.05) is 0 Å². The molecular weight excluding hydrogens is 224 g/mol. The Morgan fingerprint density at radius 1 is 1.83 bits per heavy atom. The van der Waals surface area contributed by atoms with Gasteiger partial charge in [0.2, 0.25) is 0 Å². The first-order chi connectivity index (χ1) is 5.68. The monoisotopic (exact) mass is 230 g/mol. The molecule has 0 aromatic carbocycles. The van der Waals surface area contributed by atoms with Crippen LogP contribution in [-0.4, -0.2) is 20.9 Å². The molecule has 2 unspecified atom stereocenters. The number of carbonyl (C=O) groups is 1. The van der Waals surface area contributed by atoms with Crippen molar-refractivity contribution < 1.29 is 9.90 Å². The summed E-state index contributed by atoms with van der Waals surface area (Å²) in [5, 5.41) is 12.7. The SMILES string of the molecule is O=C(O)C1CC1n1cc(Br)cn1. The second kappa shape index (κ2) is 2.58. The van der Waals surface area contributed by atoms with Crippen molar-refractivity contribution in [1.29, 1.82) is 0 Å². The first kappa shape index (κ1) is 7.79. The van der Waals surface area contributed by atoms with E-state index in [2.05, 4.69) is 21.0 Å². The van der Waals surface area contributed by atoms with Crippen molar-refractivity contribution in [2.75, 3.05) is 0 Å². The summed E-state index contributed by atoms with van der Waals surface area (Å²) >= 11 is 3.25. The van der Waals surface area contributed by atoms with Gasteiger partial charge >= 0.3 is 5.97 Å². The van der Waals surface area contributed by atoms with Crippen LogP contribution in [0, 0.1) is 5.92 Å². The van der Waals surface area contributed by atoms with Crippen molar-refractivity contribution >= 4 is 21.9 Å². The van der Waals surface area contributed by atoms with E-state index in [1.165, 1.54) is 0 Å². The number of carboxylic acids is 1. The van der Waals surface area contributed by atoms with Gasteiger partial charge in [0.1, 0.15) is 0 Å². The van der Waals surface area contributed by atoms with Crippen molar-refractivity contribution in [2.45, 2.75) is 12.5 Å². The molecule has 0 amide bonds. The fourth-order valence-corrected chi connectivity index (χ4v) is 1.54. The minimum atomic E-state index is -0.730. The topological polar surface area (TPSA) is 55.1 Å². The van der Waals surface area contributed by atoms with Crippen LogP contribution >= 0.6 is 15.9 Å². The molecule has 0 aliphatic heterocycles. The Bertz CT molecular complexity index is 323. The molecule has 1 N–H and O–H groups in total. The number of aromatic nitrogens is 2. The minimum absolute atomic E-state index is 0.0637. The normalized spacial score (nSPS) is 27.1. The van der Waals surface area contributed by atoms with Crippen molar-refractivity contribution in [1.82, 2.24) is 9.78 Å². The van der Waals surface area contributed by atoms with Gasteiger partial charge in [-0.2, -0.15) is 5.10 Å². The van der Waals surface area contributed by atoms with Crippen molar-refractivity contribution in [2.24, 2.45) is 5.92 Å². The molecule has 1 heterocycles. The molecule has 1 aliphatic rings. The summed E-state index contributed by atoms with van der Waals surface area (Å²) < 4.78 is 2.58. The average Bonchev–Trinajstić information content (AvgIpc) is 2.70. The molecule has 64 valence electrons. The summed E-state index contributed by atoms with van der Waals surface area (Å²) in [4.78, 5) is 10.5. The van der Waals surface area contributed by atoms with Gasteiger partial charge in [0.15, 0.2) is 0 Å². The standard InChI is InChI=1S/C7H7BrN2O2/c8-4-2-9-10(3-4)6-1-5(6)7(11)12/h2-3,5-6H,1H2,(H,11,12). The van der Waals surface area contributed by atoms with Crippen LogP contribution in [0.25, 0.3) is 0 Å². The smallest absolute Gasteiger partial charge is 0.308 e. The van der Waals surface area contributed by atoms with Gasteiger partial charge in [-0.15, -0.1) is 0 Å². The number of hydrogen-bond acceptors (Lipinski definition) is 2. The number of nitrogens with zero attached hydrogens (tertiary/aromatic N) is 2. The lowest BCUT2D eigenvalue weighted by atomic mass is 10.4. The zero-order chi connectivity index (χ0) is 8.72. The van der Waals surface area contributed by atoms with E-state index < -0.39 is 5.97 Å². The van der Waals surface area contributed by atoms with E-state index in [-0.39, 0.29) is 12.0 Å². The molecule has 0 saturated heterocycles. The van der Waals surface area contributed by atoms with E-state index >= 15 is 0 Å². The molecule has 5 heteroatoms. The van der Waals surface area contributed by atoms with Gasteiger partial charge in [-0.3, -0.25) is 9.48 Å². The van der Waals surface area contributed by atoms with Crippen LogP contribution in [0.15, 0.2) is 16.9 Å². The third-order valence-corrected chi connectivity index (χ3v) is 2.39. The van der Waals surface area contributed by atoms with E-state index in [9.17, 15) is 4.79 Å². The molecular formula is C7H7BrN2O2. The Labute approximate surface area is 77.3 Å². The van der Waals surface area contributed by atoms with Crippen LogP contribution in [0.1, 0.15) is 12.5 Å². The lowest BCUT2D eigenvalue weighted by molar-refractivity contribution is -0.138. The average molecular weight is 231 g/mol. The van der Waals surface area contributed by atoms with Gasteiger partial charge < -0.3 is 5.11 Å². The maximum Gasteiger partial charge on any atom is 0.308 e. The predicted molar refractivity (Wildman–Crippen MR) is 44.7 cm³/mol. The van der Waals surface area contributed by atoms with Crippen LogP contribution in [0.4, 0.5) is 0 Å². The summed E-state index contributed by atoms with van der Waals surface area (Å²) in [5.74, 6) is -0.969. The third kappa shape index (κ3) is 1.24. The first-order valence-corrected chi connectivity index (χ1v) is 4.40. The number of carboxylic acid groups (broad SMARTS) is 1. The fourth-order valence-electron chi connectivity index (χ4n) is 1.24. The van der Waals surface area contributed by atoms with E-state index in [0.717, 1.165) is 4.47 Å². The van der Waals surface area contributed by atoms with Crippen molar-refractivity contribution in [3.05, 3.63) is 16.9 Å². The summed E-state index contributed by atoms with van der Waals surface area (Å²) in [6.07, 6.45) is 4.16. The van der Waals surface area contributed by atoms with Crippen LogP contribution in [0.3, 0.4) is 0 Å². The summed E-state index contributed by atoms with van der Waals surface area (Å²) in [6, 6.07) is 0.0637. The highest BCUT2D eigenvalue weighted by Crippen LogP contribution is 2.43. The highest BCUT2D eigenvalue weighted by Gasteiger charge is 2.45. The minimum Gasteiger partial charge on any atom is -0.481 e. The number of rotatable bonds is 2. The Morgan fingerprint density at radius 3 is 3.00 bits per heavy atom. The molecule has 1 aromatic heterocycles. The molecule has 0 radical (unpaired) electrons. The zero-order valence-electron chi connectivity index (χ0n) is 6.14. The summed E-state index contributed by atoms with van der Waals surface area (Å²) in [5.41, 5.74) is 0. The first-order valence-electron chi connectivity index (χ1n) is 3.61. The molecule has 4 nitrogen and oxygen atoms in total. The second-order valence-corrected chi connectivity index (χ2v) is 3.80. The predicted octanol–water partition coefficient (Wildman–Crippen LogP) is 1.29. The van der Waals surface area contributed by atoms with Gasteiger partial charge in [0, 0.05) is 6.20 Å². The van der Waals surface area contributed by atoms with Crippen molar-refractivity contribution in [3.63, 3.8) is 0 Å². The molecule has 0 spiro atoms. The number of aliphatic carboxylic acids is 1. The highest BCUT2D eigenvalue weighted by atomic mass is 79.9. The molecule has 2 rings (SSSR count). The van der Waals surface area contributed by atoms with E-state index in [0.29, 0.717) is 6.42 Å². The van der Waals surface area contributed by atoms with E-state index in [1.54, 1.807) is 17.1 Å². The van der Waals surface area contributed by atoms with Gasteiger partial charge in [0.25, 0.3) is 0 Å². The van der Waals surface area contributed by atoms with Crippen LogP contribution in [-0.2, 0) is 4.79 Å². The van der Waals surface area contributed by atoms with Gasteiger partial charge in [0.05, 0.1) is 22.6 Å². The Morgan fingerprint density at radius 2 is 2.58 bits per heavy atom. The molecule has 2 atom stereocenters. The molecule has 0 bridgehead atoms. The lowest BCUT2D eigenvalue weighted by Gasteiger charge is -1.95. The van der Waals surface area contributed by atoms with Gasteiger partial charge in [-0.05, 0) is 22.4 Å². The zero-order valence-corrected chi connectivity index (χ0v) is 7.73. The van der Waals surface area contributed by atoms with Crippen LogP contribution in [0.5, 0.6) is 0 Å². The Hall–Kier alpha value is -0.840. The fraction of sp³-hybridized carbons (Fsp3) is 0.429. The van der Waals surface area contributed by atoms with Crippen LogP contribution in [0.2, 0.25) is 0 Å². The second-order valence-electron chi connectivity index (χ2n) is 2.89. The van der Waals surface area contributed by atoms with E-state index in [1.807, 2.05) is 0 Å². The Kier molecular flexibility index (Phi) is 1.68. The molecule has 1 aromatic rings. The lowest BCUT2D eigenvalue weighted by Crippen LogP contribution is -2.03. The molecule has 12 heavy (non-hydrogen) atoms.